The third-order valence-corrected chi connectivity index (χ3v) is 3.14. The lowest BCUT2D eigenvalue weighted by atomic mass is 10.1. The maximum atomic E-state index is 12.4. The van der Waals surface area contributed by atoms with E-state index in [1.54, 1.807) is 6.07 Å². The highest BCUT2D eigenvalue weighted by atomic mass is 35.5. The molecule has 19 heavy (non-hydrogen) atoms. The van der Waals surface area contributed by atoms with E-state index in [1.165, 1.54) is 12.1 Å². The van der Waals surface area contributed by atoms with E-state index in [1.807, 2.05) is 13.0 Å². The van der Waals surface area contributed by atoms with Crippen LogP contribution in [0, 0.1) is 0 Å². The zero-order valence-corrected chi connectivity index (χ0v) is 10.9. The summed E-state index contributed by atoms with van der Waals surface area (Å²) < 4.78 is 37.3. The molecule has 0 radical (unpaired) electrons. The molecule has 0 amide bonds. The van der Waals surface area contributed by atoms with Crippen LogP contribution in [-0.4, -0.2) is 4.98 Å². The Kier molecular flexibility index (Phi) is 3.80. The van der Waals surface area contributed by atoms with Gasteiger partial charge in [-0.1, -0.05) is 36.7 Å². The number of nitrogens with zero attached hydrogens (tertiary/aromatic N) is 1. The standard InChI is InChI=1S/C14H11ClF3N/c1-2-9-5-8-12(19-13(9)15)10-3-6-11(7-4-10)14(16,17)18/h3-8H,2H2,1H3. The van der Waals surface area contributed by atoms with Crippen molar-refractivity contribution in [2.75, 3.05) is 0 Å². The minimum atomic E-state index is -4.32. The number of pyridine rings is 1. The summed E-state index contributed by atoms with van der Waals surface area (Å²) in [6.07, 6.45) is -3.56. The summed E-state index contributed by atoms with van der Waals surface area (Å²) in [5.74, 6) is 0. The largest absolute Gasteiger partial charge is 0.416 e. The predicted molar refractivity (Wildman–Crippen MR) is 69.1 cm³/mol. The number of rotatable bonds is 2. The normalized spacial score (nSPS) is 11.6. The number of hydrogen-bond donors (Lipinski definition) is 0. The van der Waals surface area contributed by atoms with Crippen LogP contribution in [0.15, 0.2) is 36.4 Å². The van der Waals surface area contributed by atoms with E-state index in [0.29, 0.717) is 16.4 Å². The van der Waals surface area contributed by atoms with Crippen LogP contribution in [0.5, 0.6) is 0 Å². The molecule has 0 aliphatic heterocycles. The summed E-state index contributed by atoms with van der Waals surface area (Å²) in [5, 5.41) is 0.389. The van der Waals surface area contributed by atoms with Crippen LogP contribution in [0.4, 0.5) is 13.2 Å². The molecule has 0 saturated carbocycles. The van der Waals surface area contributed by atoms with Crippen molar-refractivity contribution in [2.45, 2.75) is 19.5 Å². The summed E-state index contributed by atoms with van der Waals surface area (Å²) in [6.45, 7) is 1.96. The van der Waals surface area contributed by atoms with Gasteiger partial charge in [-0.25, -0.2) is 4.98 Å². The number of aryl methyl sites for hydroxylation is 1. The molecule has 5 heteroatoms. The average Bonchev–Trinajstić information content (AvgIpc) is 2.38. The lowest BCUT2D eigenvalue weighted by Gasteiger charge is -2.08. The monoisotopic (exact) mass is 285 g/mol. The van der Waals surface area contributed by atoms with Gasteiger partial charge in [-0.15, -0.1) is 0 Å². The number of aromatic nitrogens is 1. The van der Waals surface area contributed by atoms with Gasteiger partial charge in [-0.05, 0) is 30.2 Å². The number of alkyl halides is 3. The lowest BCUT2D eigenvalue weighted by molar-refractivity contribution is -0.137. The fourth-order valence-corrected chi connectivity index (χ4v) is 2.01. The highest BCUT2D eigenvalue weighted by Gasteiger charge is 2.29. The highest BCUT2D eigenvalue weighted by molar-refractivity contribution is 6.30. The molecule has 0 aliphatic rings. The first kappa shape index (κ1) is 13.9. The fraction of sp³-hybridized carbons (Fsp3) is 0.214. The molecule has 0 fully saturated rings. The molecule has 0 N–H and O–H groups in total. The molecular weight excluding hydrogens is 275 g/mol. The SMILES string of the molecule is CCc1ccc(-c2ccc(C(F)(F)F)cc2)nc1Cl. The van der Waals surface area contributed by atoms with Gasteiger partial charge in [-0.2, -0.15) is 13.2 Å². The van der Waals surface area contributed by atoms with Crippen molar-refractivity contribution in [1.29, 1.82) is 0 Å². The van der Waals surface area contributed by atoms with E-state index in [0.717, 1.165) is 24.1 Å². The fourth-order valence-electron chi connectivity index (χ4n) is 1.72. The Labute approximate surface area is 114 Å². The first-order chi connectivity index (χ1) is 8.91. The molecule has 1 heterocycles. The van der Waals surface area contributed by atoms with Crippen LogP contribution in [0.3, 0.4) is 0 Å². The van der Waals surface area contributed by atoms with Crippen LogP contribution in [-0.2, 0) is 12.6 Å². The smallest absolute Gasteiger partial charge is 0.236 e. The summed E-state index contributed by atoms with van der Waals surface area (Å²) in [6, 6.07) is 8.47. The van der Waals surface area contributed by atoms with Gasteiger partial charge in [0.05, 0.1) is 11.3 Å². The highest BCUT2D eigenvalue weighted by Crippen LogP contribution is 2.31. The van der Waals surface area contributed by atoms with E-state index in [4.69, 9.17) is 11.6 Å². The Hall–Kier alpha value is -1.55. The number of benzene rings is 1. The lowest BCUT2D eigenvalue weighted by Crippen LogP contribution is -2.04. The van der Waals surface area contributed by atoms with Gasteiger partial charge in [0.25, 0.3) is 0 Å². The van der Waals surface area contributed by atoms with Gasteiger partial charge in [0.15, 0.2) is 0 Å². The molecule has 0 saturated heterocycles. The third-order valence-electron chi connectivity index (χ3n) is 2.81. The van der Waals surface area contributed by atoms with Crippen LogP contribution in [0.1, 0.15) is 18.1 Å². The molecular formula is C14H11ClF3N. The zero-order chi connectivity index (χ0) is 14.0. The van der Waals surface area contributed by atoms with E-state index in [2.05, 4.69) is 4.98 Å². The number of hydrogen-bond acceptors (Lipinski definition) is 1. The summed E-state index contributed by atoms with van der Waals surface area (Å²) >= 11 is 5.99. The second-order valence-corrected chi connectivity index (χ2v) is 4.43. The quantitative estimate of drug-likeness (QED) is 0.709. The minimum absolute atomic E-state index is 0.389. The van der Waals surface area contributed by atoms with Crippen molar-refractivity contribution in [2.24, 2.45) is 0 Å². The maximum absolute atomic E-state index is 12.4. The average molecular weight is 286 g/mol. The van der Waals surface area contributed by atoms with Crippen molar-refractivity contribution < 1.29 is 13.2 Å². The van der Waals surface area contributed by atoms with Crippen LogP contribution in [0.25, 0.3) is 11.3 Å². The van der Waals surface area contributed by atoms with Crippen LogP contribution < -0.4 is 0 Å². The second kappa shape index (κ2) is 5.21. The molecule has 0 spiro atoms. The van der Waals surface area contributed by atoms with Gasteiger partial charge in [0.1, 0.15) is 5.15 Å². The van der Waals surface area contributed by atoms with Gasteiger partial charge >= 0.3 is 6.18 Å². The third kappa shape index (κ3) is 3.07. The minimum Gasteiger partial charge on any atom is -0.236 e. The Morgan fingerprint density at radius 1 is 1.05 bits per heavy atom. The molecule has 1 nitrogen and oxygen atoms in total. The van der Waals surface area contributed by atoms with Crippen LogP contribution in [0.2, 0.25) is 5.15 Å². The Bertz CT molecular complexity index is 576. The molecule has 2 rings (SSSR count). The van der Waals surface area contributed by atoms with Crippen molar-refractivity contribution in [1.82, 2.24) is 4.98 Å². The molecule has 100 valence electrons. The summed E-state index contributed by atoms with van der Waals surface area (Å²) in [5.41, 5.74) is 1.42. The molecule has 0 atom stereocenters. The van der Waals surface area contributed by atoms with Crippen molar-refractivity contribution in [3.05, 3.63) is 52.7 Å². The molecule has 1 aromatic heterocycles. The van der Waals surface area contributed by atoms with E-state index in [9.17, 15) is 13.2 Å². The van der Waals surface area contributed by atoms with E-state index >= 15 is 0 Å². The number of halogens is 4. The van der Waals surface area contributed by atoms with Crippen molar-refractivity contribution in [3.63, 3.8) is 0 Å². The van der Waals surface area contributed by atoms with E-state index in [-0.39, 0.29) is 0 Å². The molecule has 0 bridgehead atoms. The topological polar surface area (TPSA) is 12.9 Å². The van der Waals surface area contributed by atoms with Gasteiger partial charge < -0.3 is 0 Å². The maximum Gasteiger partial charge on any atom is 0.416 e. The van der Waals surface area contributed by atoms with Crippen molar-refractivity contribution >= 4 is 11.6 Å². The molecule has 1 aromatic carbocycles. The second-order valence-electron chi connectivity index (χ2n) is 4.08. The molecule has 0 unspecified atom stereocenters. The van der Waals surface area contributed by atoms with Crippen molar-refractivity contribution in [3.8, 4) is 11.3 Å². The van der Waals surface area contributed by atoms with Crippen LogP contribution >= 0.6 is 11.6 Å². The summed E-state index contributed by atoms with van der Waals surface area (Å²) in [7, 11) is 0. The van der Waals surface area contributed by atoms with Gasteiger partial charge in [-0.3, -0.25) is 0 Å². The molecule has 0 aliphatic carbocycles. The Morgan fingerprint density at radius 3 is 2.16 bits per heavy atom. The molecule has 2 aromatic rings. The van der Waals surface area contributed by atoms with Gasteiger partial charge in [0.2, 0.25) is 0 Å². The Morgan fingerprint density at radius 2 is 1.68 bits per heavy atom. The van der Waals surface area contributed by atoms with Gasteiger partial charge in [0, 0.05) is 5.56 Å². The first-order valence-corrected chi connectivity index (χ1v) is 6.12. The summed E-state index contributed by atoms with van der Waals surface area (Å²) in [4.78, 5) is 4.19. The first-order valence-electron chi connectivity index (χ1n) is 5.75. The predicted octanol–water partition coefficient (Wildman–Crippen LogP) is 4.98. The zero-order valence-electron chi connectivity index (χ0n) is 10.1. The Balaban J connectivity index is 2.35. The van der Waals surface area contributed by atoms with E-state index < -0.39 is 11.7 Å².